The molecular weight excluding hydrogens is 418 g/mol. The lowest BCUT2D eigenvalue weighted by Gasteiger charge is -2.37. The van der Waals surface area contributed by atoms with Gasteiger partial charge in [0.15, 0.2) is 5.82 Å². The molecule has 1 N–H and O–H groups in total. The molecule has 1 aromatic carbocycles. The molecule has 3 aromatic rings. The number of carbonyl (C=O) groups is 1. The monoisotopic (exact) mass is 445 g/mol. The van der Waals surface area contributed by atoms with E-state index < -0.39 is 6.04 Å². The standard InChI is InChI=1S/C24H27N7O2/c1-15-21-23(30(3)22(16(2)33-4)24(32)29-21)28-20(27-15)10-9-19-12-26-31(14-19)13-18-7-5-17(11-25)6-8-18/h5-8,12,14,16,22H,9-10,13H2,1-4H3,(H,29,32)/t16-,22+/m1/s1. The van der Waals surface area contributed by atoms with E-state index in [9.17, 15) is 4.79 Å². The van der Waals surface area contributed by atoms with Crippen LogP contribution in [-0.2, 0) is 28.9 Å². The van der Waals surface area contributed by atoms with Crippen LogP contribution in [0.1, 0.15) is 35.1 Å². The van der Waals surface area contributed by atoms with Crippen LogP contribution < -0.4 is 10.2 Å². The van der Waals surface area contributed by atoms with Crippen LogP contribution in [0.3, 0.4) is 0 Å². The van der Waals surface area contributed by atoms with Gasteiger partial charge in [0.05, 0.1) is 36.2 Å². The fourth-order valence-electron chi connectivity index (χ4n) is 4.04. The number of nitrogens with zero attached hydrogens (tertiary/aromatic N) is 6. The van der Waals surface area contributed by atoms with Crippen LogP contribution in [0, 0.1) is 18.3 Å². The Labute approximate surface area is 193 Å². The average Bonchev–Trinajstić information content (AvgIpc) is 3.26. The number of fused-ring (bicyclic) bond motifs is 1. The maximum Gasteiger partial charge on any atom is 0.249 e. The second-order valence-electron chi connectivity index (χ2n) is 8.26. The van der Waals surface area contributed by atoms with Crippen molar-refractivity contribution in [1.29, 1.82) is 5.26 Å². The largest absolute Gasteiger partial charge is 0.379 e. The fraction of sp³-hybridized carbons (Fsp3) is 0.375. The molecule has 1 amide bonds. The summed E-state index contributed by atoms with van der Waals surface area (Å²) in [6.07, 6.45) is 5.01. The molecule has 0 unspecified atom stereocenters. The Morgan fingerprint density at radius 3 is 2.67 bits per heavy atom. The second-order valence-corrected chi connectivity index (χ2v) is 8.26. The Bertz CT molecular complexity index is 1200. The number of nitriles is 1. The number of ether oxygens (including phenoxy) is 1. The number of aromatic nitrogens is 4. The molecule has 0 saturated heterocycles. The van der Waals surface area contributed by atoms with Crippen molar-refractivity contribution in [2.24, 2.45) is 0 Å². The first kappa shape index (κ1) is 22.4. The van der Waals surface area contributed by atoms with Gasteiger partial charge in [-0.1, -0.05) is 12.1 Å². The van der Waals surface area contributed by atoms with Crippen LogP contribution in [-0.4, -0.2) is 52.0 Å². The van der Waals surface area contributed by atoms with Crippen molar-refractivity contribution in [2.75, 3.05) is 24.4 Å². The van der Waals surface area contributed by atoms with E-state index in [4.69, 9.17) is 15.0 Å². The lowest BCUT2D eigenvalue weighted by Crippen LogP contribution is -2.53. The van der Waals surface area contributed by atoms with E-state index in [-0.39, 0.29) is 12.0 Å². The minimum atomic E-state index is -0.454. The molecule has 0 spiro atoms. The highest BCUT2D eigenvalue weighted by Gasteiger charge is 2.37. The summed E-state index contributed by atoms with van der Waals surface area (Å²) in [5.74, 6) is 1.31. The first-order chi connectivity index (χ1) is 15.9. The highest BCUT2D eigenvalue weighted by Crippen LogP contribution is 2.32. The lowest BCUT2D eigenvalue weighted by molar-refractivity contribution is -0.120. The van der Waals surface area contributed by atoms with Gasteiger partial charge in [0.1, 0.15) is 17.6 Å². The van der Waals surface area contributed by atoms with Gasteiger partial charge in [-0.15, -0.1) is 0 Å². The number of aryl methyl sites for hydroxylation is 3. The topological polar surface area (TPSA) is 109 Å². The first-order valence-electron chi connectivity index (χ1n) is 10.8. The molecule has 2 aromatic heterocycles. The summed E-state index contributed by atoms with van der Waals surface area (Å²) in [5.41, 5.74) is 4.22. The van der Waals surface area contributed by atoms with E-state index in [2.05, 4.69) is 21.5 Å². The van der Waals surface area contributed by atoms with Crippen molar-refractivity contribution >= 4 is 17.4 Å². The van der Waals surface area contributed by atoms with Crippen molar-refractivity contribution in [2.45, 2.75) is 45.4 Å². The van der Waals surface area contributed by atoms with Gasteiger partial charge in [-0.3, -0.25) is 9.48 Å². The summed E-state index contributed by atoms with van der Waals surface area (Å²) in [6, 6.07) is 9.18. The number of rotatable bonds is 7. The number of amides is 1. The van der Waals surface area contributed by atoms with Crippen molar-refractivity contribution < 1.29 is 9.53 Å². The Kier molecular flexibility index (Phi) is 6.38. The average molecular weight is 446 g/mol. The van der Waals surface area contributed by atoms with Crippen LogP contribution in [0.5, 0.6) is 0 Å². The zero-order valence-corrected chi connectivity index (χ0v) is 19.2. The molecule has 2 atom stereocenters. The van der Waals surface area contributed by atoms with E-state index in [1.54, 1.807) is 7.11 Å². The summed E-state index contributed by atoms with van der Waals surface area (Å²) < 4.78 is 7.28. The van der Waals surface area contributed by atoms with Crippen molar-refractivity contribution in [3.8, 4) is 6.07 Å². The van der Waals surface area contributed by atoms with E-state index in [0.29, 0.717) is 30.0 Å². The summed E-state index contributed by atoms with van der Waals surface area (Å²) in [4.78, 5) is 23.8. The van der Waals surface area contributed by atoms with Crippen LogP contribution in [0.2, 0.25) is 0 Å². The summed E-state index contributed by atoms with van der Waals surface area (Å²) in [6.45, 7) is 4.40. The van der Waals surface area contributed by atoms with Crippen molar-refractivity contribution in [1.82, 2.24) is 19.7 Å². The molecule has 0 fully saturated rings. The molecular formula is C24H27N7O2. The Hall–Kier alpha value is -3.77. The third-order valence-electron chi connectivity index (χ3n) is 5.95. The first-order valence-corrected chi connectivity index (χ1v) is 10.8. The van der Waals surface area contributed by atoms with Crippen LogP contribution >= 0.6 is 0 Å². The maximum absolute atomic E-state index is 12.6. The number of nitrogens with one attached hydrogen (secondary N) is 1. The smallest absolute Gasteiger partial charge is 0.249 e. The van der Waals surface area contributed by atoms with Gasteiger partial charge >= 0.3 is 0 Å². The Morgan fingerprint density at radius 2 is 1.97 bits per heavy atom. The third-order valence-corrected chi connectivity index (χ3v) is 5.95. The molecule has 1 aliphatic rings. The van der Waals surface area contributed by atoms with Gasteiger partial charge in [0.2, 0.25) is 5.91 Å². The van der Waals surface area contributed by atoms with Gasteiger partial charge in [0, 0.05) is 26.8 Å². The Morgan fingerprint density at radius 1 is 1.21 bits per heavy atom. The highest BCUT2D eigenvalue weighted by molar-refractivity contribution is 6.03. The normalized spacial score (nSPS) is 16.2. The van der Waals surface area contributed by atoms with Gasteiger partial charge in [-0.05, 0) is 43.5 Å². The van der Waals surface area contributed by atoms with Crippen LogP contribution in [0.25, 0.3) is 0 Å². The number of hydrogen-bond acceptors (Lipinski definition) is 7. The molecule has 4 rings (SSSR count). The molecule has 0 bridgehead atoms. The number of methoxy groups -OCH3 is 1. The number of benzene rings is 1. The number of hydrogen-bond donors (Lipinski definition) is 1. The predicted octanol–water partition coefficient (Wildman–Crippen LogP) is 2.48. The van der Waals surface area contributed by atoms with Gasteiger partial charge in [0.25, 0.3) is 0 Å². The zero-order chi connectivity index (χ0) is 23.5. The van der Waals surface area contributed by atoms with E-state index in [1.165, 1.54) is 0 Å². The zero-order valence-electron chi connectivity index (χ0n) is 19.2. The molecule has 9 heteroatoms. The van der Waals surface area contributed by atoms with Gasteiger partial charge in [-0.25, -0.2) is 9.97 Å². The quantitative estimate of drug-likeness (QED) is 0.595. The third kappa shape index (κ3) is 4.71. The predicted molar refractivity (Wildman–Crippen MR) is 124 cm³/mol. The SMILES string of the molecule is CO[C@H](C)[C@H]1C(=O)Nc2c(C)nc(CCc3cnn(Cc4ccc(C#N)cc4)c3)nc2N1C. The molecule has 0 radical (unpaired) electrons. The Balaban J connectivity index is 1.45. The van der Waals surface area contributed by atoms with E-state index >= 15 is 0 Å². The molecule has 1 aliphatic heterocycles. The molecule has 9 nitrogen and oxygen atoms in total. The van der Waals surface area contributed by atoms with E-state index in [0.717, 1.165) is 29.1 Å². The van der Waals surface area contributed by atoms with Crippen molar-refractivity contribution in [3.05, 3.63) is 64.9 Å². The lowest BCUT2D eigenvalue weighted by atomic mass is 10.1. The minimum Gasteiger partial charge on any atom is -0.379 e. The second kappa shape index (κ2) is 9.38. The van der Waals surface area contributed by atoms with Crippen molar-refractivity contribution in [3.63, 3.8) is 0 Å². The highest BCUT2D eigenvalue weighted by atomic mass is 16.5. The van der Waals surface area contributed by atoms with Crippen LogP contribution in [0.4, 0.5) is 11.5 Å². The summed E-state index contributed by atoms with van der Waals surface area (Å²) >= 11 is 0. The fourth-order valence-corrected chi connectivity index (χ4v) is 4.04. The summed E-state index contributed by atoms with van der Waals surface area (Å²) in [7, 11) is 3.46. The van der Waals surface area contributed by atoms with E-state index in [1.807, 2.05) is 67.1 Å². The molecule has 3 heterocycles. The number of anilines is 2. The molecule has 170 valence electrons. The molecule has 0 aliphatic carbocycles. The molecule has 0 saturated carbocycles. The van der Waals surface area contributed by atoms with Gasteiger partial charge < -0.3 is 15.0 Å². The maximum atomic E-state index is 12.6. The molecule has 33 heavy (non-hydrogen) atoms. The number of carbonyl (C=O) groups excluding carboxylic acids is 1. The van der Waals surface area contributed by atoms with Gasteiger partial charge in [-0.2, -0.15) is 10.4 Å². The number of likely N-dealkylation sites (N-methyl/N-ethyl adjacent to an activating group) is 1. The van der Waals surface area contributed by atoms with Crippen LogP contribution in [0.15, 0.2) is 36.7 Å². The summed E-state index contributed by atoms with van der Waals surface area (Å²) in [5, 5.41) is 16.3. The minimum absolute atomic E-state index is 0.117.